The molecule has 0 aliphatic rings. The number of Topliss-reactive ketones (excluding diaryl/α,β-unsaturated/α-hetero) is 1. The minimum absolute atomic E-state index is 0.0978. The van der Waals surface area contributed by atoms with Crippen LogP contribution in [-0.2, 0) is 14.4 Å². The Hall–Kier alpha value is -2.21. The lowest BCUT2D eigenvalue weighted by atomic mass is 10.0. The summed E-state index contributed by atoms with van der Waals surface area (Å²) in [5, 5.41) is 21.8. The summed E-state index contributed by atoms with van der Waals surface area (Å²) in [7, 11) is 0. The van der Waals surface area contributed by atoms with Gasteiger partial charge in [0.15, 0.2) is 0 Å². The van der Waals surface area contributed by atoms with Gasteiger partial charge in [-0.2, -0.15) is 0 Å². The van der Waals surface area contributed by atoms with Crippen LogP contribution in [0.5, 0.6) is 0 Å². The molecule has 0 saturated heterocycles. The number of aliphatic hydroxyl groups excluding tert-OH is 1. The monoisotopic (exact) mass is 335 g/mol. The minimum atomic E-state index is -1.18. The van der Waals surface area contributed by atoms with Crippen LogP contribution in [0.15, 0.2) is 30.3 Å². The van der Waals surface area contributed by atoms with Crippen molar-refractivity contribution in [1.29, 1.82) is 0 Å². The van der Waals surface area contributed by atoms with Crippen molar-refractivity contribution in [1.82, 2.24) is 5.32 Å². The van der Waals surface area contributed by atoms with E-state index in [1.165, 1.54) is 0 Å². The highest BCUT2D eigenvalue weighted by atomic mass is 16.4. The van der Waals surface area contributed by atoms with E-state index in [-0.39, 0.29) is 24.5 Å². The van der Waals surface area contributed by atoms with Crippen LogP contribution < -0.4 is 5.32 Å². The van der Waals surface area contributed by atoms with E-state index in [1.807, 2.05) is 0 Å². The van der Waals surface area contributed by atoms with Gasteiger partial charge in [-0.05, 0) is 18.4 Å². The summed E-state index contributed by atoms with van der Waals surface area (Å²) in [5.41, 5.74) is 0.607. The fourth-order valence-corrected chi connectivity index (χ4v) is 2.31. The molecule has 0 fully saturated rings. The third kappa shape index (κ3) is 7.37. The largest absolute Gasteiger partial charge is 0.480 e. The van der Waals surface area contributed by atoms with E-state index in [1.54, 1.807) is 37.3 Å². The van der Waals surface area contributed by atoms with Crippen molar-refractivity contribution in [2.75, 3.05) is 0 Å². The SMILES string of the molecule is CCC(=O)CCCCC(=O)N[C@H](C[C@@H](O)c1ccccc1)C(=O)O. The molecule has 2 atom stereocenters. The molecule has 0 saturated carbocycles. The first-order valence-corrected chi connectivity index (χ1v) is 8.21. The maximum Gasteiger partial charge on any atom is 0.326 e. The van der Waals surface area contributed by atoms with Crippen LogP contribution in [0.4, 0.5) is 0 Å². The number of carboxylic acids is 1. The maximum atomic E-state index is 11.8. The van der Waals surface area contributed by atoms with Crippen LogP contribution in [-0.4, -0.2) is 33.9 Å². The topological polar surface area (TPSA) is 104 Å². The Balaban J connectivity index is 2.43. The molecule has 6 heteroatoms. The highest BCUT2D eigenvalue weighted by Crippen LogP contribution is 2.18. The molecule has 0 radical (unpaired) electrons. The van der Waals surface area contributed by atoms with Crippen LogP contribution in [0.1, 0.15) is 57.1 Å². The molecule has 6 nitrogen and oxygen atoms in total. The van der Waals surface area contributed by atoms with Crippen LogP contribution in [0.3, 0.4) is 0 Å². The number of amides is 1. The van der Waals surface area contributed by atoms with Gasteiger partial charge in [0, 0.05) is 25.7 Å². The summed E-state index contributed by atoms with van der Waals surface area (Å²) in [6, 6.07) is 7.57. The van der Waals surface area contributed by atoms with Gasteiger partial charge in [0.2, 0.25) is 5.91 Å². The lowest BCUT2D eigenvalue weighted by Crippen LogP contribution is -2.41. The number of hydrogen-bond acceptors (Lipinski definition) is 4. The number of benzene rings is 1. The average molecular weight is 335 g/mol. The summed E-state index contributed by atoms with van der Waals surface area (Å²) >= 11 is 0. The van der Waals surface area contributed by atoms with Crippen LogP contribution >= 0.6 is 0 Å². The van der Waals surface area contributed by atoms with E-state index in [2.05, 4.69) is 5.32 Å². The molecule has 0 heterocycles. The first kappa shape index (κ1) is 19.8. The van der Waals surface area contributed by atoms with Gasteiger partial charge in [-0.3, -0.25) is 9.59 Å². The number of unbranched alkanes of at least 4 members (excludes halogenated alkanes) is 1. The number of carbonyl (C=O) groups is 3. The lowest BCUT2D eigenvalue weighted by molar-refractivity contribution is -0.142. The second-order valence-electron chi connectivity index (χ2n) is 5.72. The fourth-order valence-electron chi connectivity index (χ4n) is 2.31. The van der Waals surface area contributed by atoms with E-state index < -0.39 is 18.1 Å². The van der Waals surface area contributed by atoms with Crippen molar-refractivity contribution in [3.63, 3.8) is 0 Å². The molecule has 1 rings (SSSR count). The molecular formula is C18H25NO5. The summed E-state index contributed by atoms with van der Waals surface area (Å²) in [6.45, 7) is 1.80. The van der Waals surface area contributed by atoms with Gasteiger partial charge in [0.05, 0.1) is 6.10 Å². The van der Waals surface area contributed by atoms with Gasteiger partial charge in [-0.1, -0.05) is 37.3 Å². The Morgan fingerprint density at radius 1 is 1.08 bits per heavy atom. The second kappa shape index (κ2) is 10.5. The smallest absolute Gasteiger partial charge is 0.326 e. The first-order chi connectivity index (χ1) is 11.4. The Morgan fingerprint density at radius 3 is 2.29 bits per heavy atom. The molecule has 1 aromatic rings. The van der Waals surface area contributed by atoms with E-state index in [0.29, 0.717) is 31.2 Å². The zero-order valence-electron chi connectivity index (χ0n) is 13.9. The molecule has 1 amide bonds. The zero-order valence-corrected chi connectivity index (χ0v) is 13.9. The quantitative estimate of drug-likeness (QED) is 0.538. The van der Waals surface area contributed by atoms with E-state index in [0.717, 1.165) is 0 Å². The Kier molecular flexibility index (Phi) is 8.71. The molecule has 0 aliphatic carbocycles. The number of nitrogens with one attached hydrogen (secondary N) is 1. The molecule has 0 bridgehead atoms. The normalized spacial score (nSPS) is 13.1. The number of ketones is 1. The Morgan fingerprint density at radius 2 is 1.71 bits per heavy atom. The third-order valence-electron chi connectivity index (χ3n) is 3.78. The Bertz CT molecular complexity index is 544. The molecule has 0 aliphatic heterocycles. The number of aliphatic carboxylic acids is 1. The molecule has 3 N–H and O–H groups in total. The van der Waals surface area contributed by atoms with Crippen molar-refractivity contribution < 1.29 is 24.6 Å². The molecule has 0 unspecified atom stereocenters. The van der Waals surface area contributed by atoms with Gasteiger partial charge >= 0.3 is 5.97 Å². The number of carbonyl (C=O) groups excluding carboxylic acids is 2. The van der Waals surface area contributed by atoms with E-state index in [9.17, 15) is 24.6 Å². The highest BCUT2D eigenvalue weighted by molar-refractivity contribution is 5.83. The van der Waals surface area contributed by atoms with Crippen molar-refractivity contribution in [2.24, 2.45) is 0 Å². The van der Waals surface area contributed by atoms with Crippen molar-refractivity contribution in [3.05, 3.63) is 35.9 Å². The minimum Gasteiger partial charge on any atom is -0.480 e. The summed E-state index contributed by atoms with van der Waals surface area (Å²) in [5.74, 6) is -1.41. The number of carboxylic acid groups (broad SMARTS) is 1. The zero-order chi connectivity index (χ0) is 17.9. The van der Waals surface area contributed by atoms with Crippen LogP contribution in [0.25, 0.3) is 0 Å². The predicted octanol–water partition coefficient (Wildman–Crippen LogP) is 2.22. The Labute approximate surface area is 141 Å². The molecule has 132 valence electrons. The summed E-state index contributed by atoms with van der Waals surface area (Å²) in [4.78, 5) is 34.3. The standard InChI is InChI=1S/C18H25NO5/c1-2-14(20)10-6-7-11-17(22)19-15(18(23)24)12-16(21)13-8-4-3-5-9-13/h3-5,8-9,15-16,21H,2,6-7,10-12H2,1H3,(H,19,22)(H,23,24)/t15-,16-/m1/s1. The van der Waals surface area contributed by atoms with Gasteiger partial charge in [0.1, 0.15) is 11.8 Å². The molecule has 24 heavy (non-hydrogen) atoms. The third-order valence-corrected chi connectivity index (χ3v) is 3.78. The van der Waals surface area contributed by atoms with Gasteiger partial charge in [0.25, 0.3) is 0 Å². The van der Waals surface area contributed by atoms with Crippen LogP contribution in [0.2, 0.25) is 0 Å². The first-order valence-electron chi connectivity index (χ1n) is 8.21. The molecular weight excluding hydrogens is 310 g/mol. The van der Waals surface area contributed by atoms with Crippen molar-refractivity contribution in [2.45, 2.75) is 57.6 Å². The van der Waals surface area contributed by atoms with Gasteiger partial charge < -0.3 is 15.5 Å². The average Bonchev–Trinajstić information content (AvgIpc) is 2.58. The summed E-state index contributed by atoms with van der Waals surface area (Å²) in [6.07, 6.45) is 1.19. The lowest BCUT2D eigenvalue weighted by Gasteiger charge is -2.18. The van der Waals surface area contributed by atoms with Crippen LogP contribution in [0, 0.1) is 0 Å². The van der Waals surface area contributed by atoms with E-state index >= 15 is 0 Å². The van der Waals surface area contributed by atoms with Gasteiger partial charge in [-0.25, -0.2) is 4.79 Å². The predicted molar refractivity (Wildman–Crippen MR) is 89.4 cm³/mol. The fraction of sp³-hybridized carbons (Fsp3) is 0.500. The molecule has 0 spiro atoms. The number of hydrogen-bond donors (Lipinski definition) is 3. The second-order valence-corrected chi connectivity index (χ2v) is 5.72. The van der Waals surface area contributed by atoms with E-state index in [4.69, 9.17) is 0 Å². The maximum absolute atomic E-state index is 11.8. The summed E-state index contributed by atoms with van der Waals surface area (Å²) < 4.78 is 0. The molecule has 1 aromatic carbocycles. The highest BCUT2D eigenvalue weighted by Gasteiger charge is 2.23. The molecule has 0 aromatic heterocycles. The number of aliphatic hydroxyl groups is 1. The van der Waals surface area contributed by atoms with Crippen molar-refractivity contribution >= 4 is 17.7 Å². The van der Waals surface area contributed by atoms with Crippen molar-refractivity contribution in [3.8, 4) is 0 Å². The number of rotatable bonds is 11. The van der Waals surface area contributed by atoms with Gasteiger partial charge in [-0.15, -0.1) is 0 Å².